The van der Waals surface area contributed by atoms with Crippen LogP contribution in [-0.4, -0.2) is 73.7 Å². The Morgan fingerprint density at radius 1 is 1.04 bits per heavy atom. The van der Waals surface area contributed by atoms with Crippen LogP contribution in [0.5, 0.6) is 0 Å². The molecule has 7 heteroatoms. The van der Waals surface area contributed by atoms with Gasteiger partial charge in [0, 0.05) is 39.3 Å². The van der Waals surface area contributed by atoms with Crippen LogP contribution in [0.15, 0.2) is 29.2 Å². The van der Waals surface area contributed by atoms with Crippen LogP contribution in [0.4, 0.5) is 0 Å². The third-order valence-electron chi connectivity index (χ3n) is 5.93. The number of nitrogens with zero attached hydrogens (tertiary/aromatic N) is 3. The zero-order valence-corrected chi connectivity index (χ0v) is 18.1. The molecule has 156 valence electrons. The van der Waals surface area contributed by atoms with Crippen LogP contribution >= 0.6 is 0 Å². The summed E-state index contributed by atoms with van der Waals surface area (Å²) < 4.78 is 27.4. The molecule has 0 radical (unpaired) electrons. The van der Waals surface area contributed by atoms with E-state index >= 15 is 0 Å². The molecule has 2 fully saturated rings. The van der Waals surface area contributed by atoms with Crippen molar-refractivity contribution in [3.8, 4) is 0 Å². The molecule has 1 amide bonds. The minimum atomic E-state index is -3.47. The summed E-state index contributed by atoms with van der Waals surface area (Å²) in [5.74, 6) is 0.805. The van der Waals surface area contributed by atoms with Crippen molar-refractivity contribution in [2.45, 2.75) is 51.0 Å². The van der Waals surface area contributed by atoms with Crippen molar-refractivity contribution < 1.29 is 13.2 Å². The molecular formula is C21H33N3O3S. The maximum atomic E-state index is 12.9. The van der Waals surface area contributed by atoms with Gasteiger partial charge in [-0.25, -0.2) is 8.42 Å². The summed E-state index contributed by atoms with van der Waals surface area (Å²) in [6.45, 7) is 10.1. The second-order valence-corrected chi connectivity index (χ2v) is 10.2. The van der Waals surface area contributed by atoms with Gasteiger partial charge in [0.15, 0.2) is 0 Å². The average Bonchev–Trinajstić information content (AvgIpc) is 3.07. The molecule has 2 saturated heterocycles. The van der Waals surface area contributed by atoms with Crippen molar-refractivity contribution in [1.82, 2.24) is 14.1 Å². The van der Waals surface area contributed by atoms with Crippen molar-refractivity contribution in [3.63, 3.8) is 0 Å². The van der Waals surface area contributed by atoms with Crippen LogP contribution < -0.4 is 0 Å². The van der Waals surface area contributed by atoms with Gasteiger partial charge >= 0.3 is 0 Å². The summed E-state index contributed by atoms with van der Waals surface area (Å²) in [6, 6.07) is 7.08. The molecule has 0 aliphatic carbocycles. The normalized spacial score (nSPS) is 22.4. The molecule has 0 saturated carbocycles. The van der Waals surface area contributed by atoms with Gasteiger partial charge in [0.2, 0.25) is 15.9 Å². The minimum absolute atomic E-state index is 0.0825. The Morgan fingerprint density at radius 2 is 1.68 bits per heavy atom. The molecule has 6 nitrogen and oxygen atoms in total. The minimum Gasteiger partial charge on any atom is -0.341 e. The highest BCUT2D eigenvalue weighted by atomic mass is 32.2. The number of piperazine rings is 1. The highest BCUT2D eigenvalue weighted by molar-refractivity contribution is 7.89. The van der Waals surface area contributed by atoms with E-state index < -0.39 is 10.0 Å². The average molecular weight is 408 g/mol. The van der Waals surface area contributed by atoms with E-state index in [-0.39, 0.29) is 11.9 Å². The standard InChI is InChI=1S/C21H33N3O3S/c1-4-18-5-7-19(8-6-18)28(26,27)24-15-13-22(14-16-24)20-10-12-23(21(20)25)11-9-17(2)3/h5-8,17,20H,4,9-16H2,1-3H3. The Balaban J connectivity index is 1.57. The van der Waals surface area contributed by atoms with Gasteiger partial charge in [-0.1, -0.05) is 32.9 Å². The van der Waals surface area contributed by atoms with Crippen LogP contribution in [0.3, 0.4) is 0 Å². The lowest BCUT2D eigenvalue weighted by Gasteiger charge is -2.36. The Labute approximate surface area is 169 Å². The van der Waals surface area contributed by atoms with E-state index in [1.807, 2.05) is 17.0 Å². The van der Waals surface area contributed by atoms with Crippen molar-refractivity contribution in [1.29, 1.82) is 0 Å². The largest absolute Gasteiger partial charge is 0.341 e. The van der Waals surface area contributed by atoms with Crippen LogP contribution in [0.2, 0.25) is 0 Å². The lowest BCUT2D eigenvalue weighted by molar-refractivity contribution is -0.132. The fraction of sp³-hybridized carbons (Fsp3) is 0.667. The number of benzene rings is 1. The number of rotatable bonds is 7. The smallest absolute Gasteiger partial charge is 0.243 e. The van der Waals surface area contributed by atoms with E-state index in [0.29, 0.717) is 37.0 Å². The van der Waals surface area contributed by atoms with Crippen LogP contribution in [0.1, 0.15) is 39.2 Å². The molecule has 1 unspecified atom stereocenters. The summed E-state index contributed by atoms with van der Waals surface area (Å²) in [6.07, 6.45) is 2.77. The lowest BCUT2D eigenvalue weighted by Crippen LogP contribution is -2.53. The SMILES string of the molecule is CCc1ccc(S(=O)(=O)N2CCN(C3CCN(CCC(C)C)C3=O)CC2)cc1. The third-order valence-corrected chi connectivity index (χ3v) is 7.84. The van der Waals surface area contributed by atoms with Gasteiger partial charge in [-0.15, -0.1) is 0 Å². The van der Waals surface area contributed by atoms with Gasteiger partial charge in [-0.3, -0.25) is 9.69 Å². The molecule has 0 N–H and O–H groups in total. The molecule has 1 aromatic rings. The van der Waals surface area contributed by atoms with Gasteiger partial charge < -0.3 is 4.90 Å². The Bertz CT molecular complexity index is 769. The third kappa shape index (κ3) is 4.58. The zero-order valence-electron chi connectivity index (χ0n) is 17.3. The van der Waals surface area contributed by atoms with E-state index in [9.17, 15) is 13.2 Å². The summed E-state index contributed by atoms with van der Waals surface area (Å²) in [5, 5.41) is 0. The maximum absolute atomic E-state index is 12.9. The number of amides is 1. The molecule has 0 aromatic heterocycles. The monoisotopic (exact) mass is 407 g/mol. The molecule has 1 atom stereocenters. The van der Waals surface area contributed by atoms with E-state index in [1.165, 1.54) is 0 Å². The molecule has 2 heterocycles. The Morgan fingerprint density at radius 3 is 2.25 bits per heavy atom. The summed E-state index contributed by atoms with van der Waals surface area (Å²) in [4.78, 5) is 17.2. The number of carbonyl (C=O) groups excluding carboxylic acids is 1. The predicted octanol–water partition coefficient (Wildman–Crippen LogP) is 2.20. The quantitative estimate of drug-likeness (QED) is 0.695. The fourth-order valence-corrected chi connectivity index (χ4v) is 5.42. The van der Waals surface area contributed by atoms with Gasteiger partial charge in [-0.2, -0.15) is 4.31 Å². The zero-order chi connectivity index (χ0) is 20.3. The number of hydrogen-bond acceptors (Lipinski definition) is 4. The van der Waals surface area contributed by atoms with Crippen LogP contribution in [0.25, 0.3) is 0 Å². The number of sulfonamides is 1. The van der Waals surface area contributed by atoms with Crippen molar-refractivity contribution in [2.24, 2.45) is 5.92 Å². The molecule has 2 aliphatic heterocycles. The molecule has 0 bridgehead atoms. The topological polar surface area (TPSA) is 60.9 Å². The molecule has 1 aromatic carbocycles. The number of carbonyl (C=O) groups is 1. The highest BCUT2D eigenvalue weighted by Crippen LogP contribution is 2.23. The van der Waals surface area contributed by atoms with E-state index in [2.05, 4.69) is 25.7 Å². The van der Waals surface area contributed by atoms with Gasteiger partial charge in [0.1, 0.15) is 0 Å². The Kier molecular flexibility index (Phi) is 6.78. The fourth-order valence-electron chi connectivity index (χ4n) is 4.00. The summed E-state index contributed by atoms with van der Waals surface area (Å²) >= 11 is 0. The van der Waals surface area contributed by atoms with E-state index in [1.54, 1.807) is 16.4 Å². The van der Waals surface area contributed by atoms with Gasteiger partial charge in [0.25, 0.3) is 0 Å². The first-order valence-electron chi connectivity index (χ1n) is 10.4. The first kappa shape index (κ1) is 21.3. The molecular weight excluding hydrogens is 374 g/mol. The number of likely N-dealkylation sites (tertiary alicyclic amines) is 1. The molecule has 0 spiro atoms. The highest BCUT2D eigenvalue weighted by Gasteiger charge is 2.38. The number of hydrogen-bond donors (Lipinski definition) is 0. The van der Waals surface area contributed by atoms with E-state index in [4.69, 9.17) is 0 Å². The second kappa shape index (κ2) is 8.93. The number of aryl methyl sites for hydroxylation is 1. The first-order chi connectivity index (χ1) is 13.3. The second-order valence-electron chi connectivity index (χ2n) is 8.25. The molecule has 3 rings (SSSR count). The summed E-state index contributed by atoms with van der Waals surface area (Å²) in [5.41, 5.74) is 1.13. The van der Waals surface area contributed by atoms with Gasteiger partial charge in [0.05, 0.1) is 10.9 Å². The van der Waals surface area contributed by atoms with Crippen molar-refractivity contribution in [2.75, 3.05) is 39.3 Å². The van der Waals surface area contributed by atoms with Crippen LogP contribution in [0, 0.1) is 5.92 Å². The van der Waals surface area contributed by atoms with Crippen molar-refractivity contribution in [3.05, 3.63) is 29.8 Å². The molecule has 2 aliphatic rings. The van der Waals surface area contributed by atoms with Crippen LogP contribution in [-0.2, 0) is 21.2 Å². The Hall–Kier alpha value is -1.44. The summed E-state index contributed by atoms with van der Waals surface area (Å²) in [7, 11) is -3.47. The molecule has 28 heavy (non-hydrogen) atoms. The van der Waals surface area contributed by atoms with Crippen molar-refractivity contribution >= 4 is 15.9 Å². The predicted molar refractivity (Wildman–Crippen MR) is 111 cm³/mol. The lowest BCUT2D eigenvalue weighted by atomic mass is 10.1. The first-order valence-corrected chi connectivity index (χ1v) is 11.9. The van der Waals surface area contributed by atoms with Gasteiger partial charge in [-0.05, 0) is 42.9 Å². The maximum Gasteiger partial charge on any atom is 0.243 e. The van der Waals surface area contributed by atoms with E-state index in [0.717, 1.165) is 37.9 Å².